The Kier molecular flexibility index (Phi) is 4.84. The summed E-state index contributed by atoms with van der Waals surface area (Å²) in [4.78, 5) is 1.09. The Balaban J connectivity index is 2.16. The third-order valence-electron chi connectivity index (χ3n) is 3.00. The standard InChI is InChI=1S/C17H18O2S/c1-12-9-13(2)17(14(3)10-12)19-11-16-15(5-4-7-18)6-8-20-16/h6,8-10,18H,7,11H2,1-3H3. The highest BCUT2D eigenvalue weighted by Crippen LogP contribution is 2.26. The lowest BCUT2D eigenvalue weighted by atomic mass is 10.1. The highest BCUT2D eigenvalue weighted by atomic mass is 32.1. The van der Waals surface area contributed by atoms with E-state index >= 15 is 0 Å². The first-order valence-electron chi connectivity index (χ1n) is 6.48. The van der Waals surface area contributed by atoms with Gasteiger partial charge in [-0.2, -0.15) is 0 Å². The van der Waals surface area contributed by atoms with Crippen molar-refractivity contribution in [1.29, 1.82) is 0 Å². The van der Waals surface area contributed by atoms with Gasteiger partial charge in [0, 0.05) is 5.56 Å². The highest BCUT2D eigenvalue weighted by Gasteiger charge is 2.08. The average Bonchev–Trinajstić information content (AvgIpc) is 2.82. The van der Waals surface area contributed by atoms with E-state index in [1.807, 2.05) is 11.4 Å². The molecule has 0 spiro atoms. The molecule has 0 saturated heterocycles. The smallest absolute Gasteiger partial charge is 0.125 e. The van der Waals surface area contributed by atoms with Gasteiger partial charge in [-0.15, -0.1) is 11.3 Å². The summed E-state index contributed by atoms with van der Waals surface area (Å²) in [5.41, 5.74) is 4.49. The molecule has 0 amide bonds. The van der Waals surface area contributed by atoms with Crippen molar-refractivity contribution in [2.75, 3.05) is 6.61 Å². The Labute approximate surface area is 124 Å². The van der Waals surface area contributed by atoms with E-state index in [2.05, 4.69) is 44.7 Å². The van der Waals surface area contributed by atoms with Gasteiger partial charge in [-0.3, -0.25) is 0 Å². The second kappa shape index (κ2) is 6.60. The molecule has 1 aromatic carbocycles. The van der Waals surface area contributed by atoms with Gasteiger partial charge in [0.25, 0.3) is 0 Å². The normalized spacial score (nSPS) is 10.0. The van der Waals surface area contributed by atoms with Crippen LogP contribution in [-0.2, 0) is 6.61 Å². The van der Waals surface area contributed by atoms with E-state index in [0.29, 0.717) is 6.61 Å². The molecule has 2 rings (SSSR count). The van der Waals surface area contributed by atoms with E-state index in [0.717, 1.165) is 27.3 Å². The summed E-state index contributed by atoms with van der Waals surface area (Å²) in [6.07, 6.45) is 0. The number of hydrogen-bond donors (Lipinski definition) is 1. The molecule has 1 N–H and O–H groups in total. The molecule has 0 fully saturated rings. The molecule has 1 aromatic heterocycles. The Morgan fingerprint density at radius 3 is 2.55 bits per heavy atom. The summed E-state index contributed by atoms with van der Waals surface area (Å²) in [6.45, 7) is 6.61. The van der Waals surface area contributed by atoms with Gasteiger partial charge in [-0.05, 0) is 43.3 Å². The summed E-state index contributed by atoms with van der Waals surface area (Å²) in [5, 5.41) is 10.8. The second-order valence-electron chi connectivity index (χ2n) is 4.73. The van der Waals surface area contributed by atoms with Gasteiger partial charge >= 0.3 is 0 Å². The first-order chi connectivity index (χ1) is 9.61. The van der Waals surface area contributed by atoms with Crippen molar-refractivity contribution in [2.24, 2.45) is 0 Å². The van der Waals surface area contributed by atoms with Crippen molar-refractivity contribution < 1.29 is 9.84 Å². The molecule has 0 saturated carbocycles. The number of benzene rings is 1. The Bertz CT molecular complexity index is 636. The topological polar surface area (TPSA) is 29.5 Å². The fourth-order valence-corrected chi connectivity index (χ4v) is 2.97. The summed E-state index contributed by atoms with van der Waals surface area (Å²) >= 11 is 1.62. The molecule has 0 bridgehead atoms. The van der Waals surface area contributed by atoms with E-state index in [4.69, 9.17) is 9.84 Å². The van der Waals surface area contributed by atoms with Gasteiger partial charge in [-0.1, -0.05) is 29.5 Å². The number of hydrogen-bond acceptors (Lipinski definition) is 3. The van der Waals surface area contributed by atoms with E-state index in [1.165, 1.54) is 5.56 Å². The van der Waals surface area contributed by atoms with Crippen LogP contribution in [0.3, 0.4) is 0 Å². The van der Waals surface area contributed by atoms with Crippen LogP contribution in [0.5, 0.6) is 5.75 Å². The summed E-state index contributed by atoms with van der Waals surface area (Å²) in [6, 6.07) is 6.22. The summed E-state index contributed by atoms with van der Waals surface area (Å²) < 4.78 is 5.97. The molecule has 0 aliphatic heterocycles. The lowest BCUT2D eigenvalue weighted by Crippen LogP contribution is -1.99. The zero-order valence-electron chi connectivity index (χ0n) is 12.0. The SMILES string of the molecule is Cc1cc(C)c(OCc2sccc2C#CCO)c(C)c1. The van der Waals surface area contributed by atoms with Crippen LogP contribution in [0.25, 0.3) is 0 Å². The predicted octanol–water partition coefficient (Wildman–Crippen LogP) is 3.60. The number of aliphatic hydroxyl groups excluding tert-OH is 1. The summed E-state index contributed by atoms with van der Waals surface area (Å²) in [5.74, 6) is 6.57. The molecule has 0 radical (unpaired) electrons. The van der Waals surface area contributed by atoms with Crippen molar-refractivity contribution in [3.8, 4) is 17.6 Å². The van der Waals surface area contributed by atoms with E-state index in [1.54, 1.807) is 11.3 Å². The van der Waals surface area contributed by atoms with E-state index in [-0.39, 0.29) is 6.61 Å². The van der Waals surface area contributed by atoms with Gasteiger partial charge in [0.2, 0.25) is 0 Å². The number of aryl methyl sites for hydroxylation is 3. The monoisotopic (exact) mass is 286 g/mol. The largest absolute Gasteiger partial charge is 0.487 e. The minimum Gasteiger partial charge on any atom is -0.487 e. The van der Waals surface area contributed by atoms with Gasteiger partial charge < -0.3 is 9.84 Å². The van der Waals surface area contributed by atoms with E-state index < -0.39 is 0 Å². The zero-order chi connectivity index (χ0) is 14.5. The Hall–Kier alpha value is -1.76. The van der Waals surface area contributed by atoms with Crippen LogP contribution in [0, 0.1) is 32.6 Å². The molecule has 0 unspecified atom stereocenters. The molecule has 104 valence electrons. The number of thiophene rings is 1. The van der Waals surface area contributed by atoms with Crippen LogP contribution in [0.4, 0.5) is 0 Å². The van der Waals surface area contributed by atoms with Gasteiger partial charge in [0.1, 0.15) is 19.0 Å². The Morgan fingerprint density at radius 2 is 1.90 bits per heavy atom. The van der Waals surface area contributed by atoms with Gasteiger partial charge in [-0.25, -0.2) is 0 Å². The molecular weight excluding hydrogens is 268 g/mol. The summed E-state index contributed by atoms with van der Waals surface area (Å²) in [7, 11) is 0. The van der Waals surface area contributed by atoms with Crippen LogP contribution in [0.15, 0.2) is 23.6 Å². The molecule has 1 heterocycles. The van der Waals surface area contributed by atoms with Crippen LogP contribution in [0.1, 0.15) is 27.1 Å². The zero-order valence-corrected chi connectivity index (χ0v) is 12.8. The van der Waals surface area contributed by atoms with Crippen LogP contribution in [-0.4, -0.2) is 11.7 Å². The minimum absolute atomic E-state index is 0.119. The number of rotatable bonds is 3. The van der Waals surface area contributed by atoms with Gasteiger partial charge in [0.15, 0.2) is 0 Å². The average molecular weight is 286 g/mol. The highest BCUT2D eigenvalue weighted by molar-refractivity contribution is 7.10. The lowest BCUT2D eigenvalue weighted by Gasteiger charge is -2.12. The Morgan fingerprint density at radius 1 is 1.20 bits per heavy atom. The fraction of sp³-hybridized carbons (Fsp3) is 0.294. The molecule has 2 aromatic rings. The van der Waals surface area contributed by atoms with Crippen LogP contribution >= 0.6 is 11.3 Å². The van der Waals surface area contributed by atoms with Crippen LogP contribution < -0.4 is 4.74 Å². The molecule has 3 heteroatoms. The molecular formula is C17H18O2S. The first-order valence-corrected chi connectivity index (χ1v) is 7.36. The van der Waals surface area contributed by atoms with Crippen LogP contribution in [0.2, 0.25) is 0 Å². The number of aliphatic hydroxyl groups is 1. The van der Waals surface area contributed by atoms with Crippen molar-refractivity contribution in [3.05, 3.63) is 50.7 Å². The number of ether oxygens (including phenoxy) is 1. The maximum Gasteiger partial charge on any atom is 0.125 e. The second-order valence-corrected chi connectivity index (χ2v) is 5.73. The maximum atomic E-state index is 8.76. The van der Waals surface area contributed by atoms with E-state index in [9.17, 15) is 0 Å². The minimum atomic E-state index is -0.119. The quantitative estimate of drug-likeness (QED) is 0.874. The maximum absolute atomic E-state index is 8.76. The van der Waals surface area contributed by atoms with Crippen molar-refractivity contribution in [2.45, 2.75) is 27.4 Å². The van der Waals surface area contributed by atoms with Crippen molar-refractivity contribution >= 4 is 11.3 Å². The van der Waals surface area contributed by atoms with Crippen molar-refractivity contribution in [1.82, 2.24) is 0 Å². The van der Waals surface area contributed by atoms with Gasteiger partial charge in [0.05, 0.1) is 4.88 Å². The molecule has 0 aliphatic carbocycles. The lowest BCUT2D eigenvalue weighted by molar-refractivity contribution is 0.305. The molecule has 20 heavy (non-hydrogen) atoms. The predicted molar refractivity (Wildman–Crippen MR) is 83.3 cm³/mol. The van der Waals surface area contributed by atoms with Crippen molar-refractivity contribution in [3.63, 3.8) is 0 Å². The fourth-order valence-electron chi connectivity index (χ4n) is 2.23. The first kappa shape index (κ1) is 14.6. The third kappa shape index (κ3) is 3.41. The molecule has 0 aliphatic rings. The molecule has 2 nitrogen and oxygen atoms in total. The molecule has 0 atom stereocenters. The third-order valence-corrected chi connectivity index (χ3v) is 3.89.